The van der Waals surface area contributed by atoms with E-state index < -0.39 is 10.9 Å². The summed E-state index contributed by atoms with van der Waals surface area (Å²) in [7, 11) is 0. The molecule has 20 heavy (non-hydrogen) atoms. The van der Waals surface area contributed by atoms with E-state index in [0.29, 0.717) is 18.8 Å². The molecular formula is C13H17ClN2O4. The summed E-state index contributed by atoms with van der Waals surface area (Å²) >= 11 is 5.77. The molecule has 1 N–H and O–H groups in total. The van der Waals surface area contributed by atoms with Gasteiger partial charge in [-0.15, -0.1) is 0 Å². The first-order chi connectivity index (χ1) is 9.45. The van der Waals surface area contributed by atoms with Crippen molar-refractivity contribution in [3.8, 4) is 0 Å². The lowest BCUT2D eigenvalue weighted by Crippen LogP contribution is -2.27. The zero-order valence-electron chi connectivity index (χ0n) is 11.2. The monoisotopic (exact) mass is 300 g/mol. The topological polar surface area (TPSA) is 83.7 Å². The molecule has 0 fully saturated rings. The quantitative estimate of drug-likeness (QED) is 0.588. The van der Waals surface area contributed by atoms with E-state index in [4.69, 9.17) is 16.7 Å². The fraction of sp³-hybridized carbons (Fsp3) is 0.462. The number of carbonyl (C=O) groups is 1. The normalized spacial score (nSPS) is 10.3. The van der Waals surface area contributed by atoms with Gasteiger partial charge in [0.05, 0.1) is 11.3 Å². The predicted octanol–water partition coefficient (Wildman–Crippen LogP) is 3.33. The summed E-state index contributed by atoms with van der Waals surface area (Å²) in [4.78, 5) is 22.9. The molecule has 0 amide bonds. The number of carboxylic acid groups (broad SMARTS) is 1. The van der Waals surface area contributed by atoms with Crippen molar-refractivity contribution >= 4 is 28.9 Å². The van der Waals surface area contributed by atoms with Crippen molar-refractivity contribution in [2.75, 3.05) is 18.0 Å². The SMILES string of the molecule is CCCCN(CCC(=O)O)c1ccc(Cl)c([N+](=O)[O-])c1. The van der Waals surface area contributed by atoms with Crippen LogP contribution in [0.3, 0.4) is 0 Å². The molecule has 0 saturated carbocycles. The summed E-state index contributed by atoms with van der Waals surface area (Å²) in [5.74, 6) is -0.894. The fourth-order valence-electron chi connectivity index (χ4n) is 1.79. The third-order valence-electron chi connectivity index (χ3n) is 2.87. The third-order valence-corrected chi connectivity index (χ3v) is 3.19. The number of hydrogen-bond donors (Lipinski definition) is 1. The molecular weight excluding hydrogens is 284 g/mol. The van der Waals surface area contributed by atoms with Crippen molar-refractivity contribution in [1.82, 2.24) is 0 Å². The second-order valence-electron chi connectivity index (χ2n) is 4.38. The minimum absolute atomic E-state index is 0.0138. The molecule has 0 bridgehead atoms. The van der Waals surface area contributed by atoms with Crippen molar-refractivity contribution in [3.05, 3.63) is 33.3 Å². The van der Waals surface area contributed by atoms with Crippen LogP contribution in [0.25, 0.3) is 0 Å². The van der Waals surface area contributed by atoms with Gasteiger partial charge in [0.1, 0.15) is 5.02 Å². The van der Waals surface area contributed by atoms with Crippen molar-refractivity contribution in [2.24, 2.45) is 0 Å². The van der Waals surface area contributed by atoms with Crippen LogP contribution in [0.15, 0.2) is 18.2 Å². The Morgan fingerprint density at radius 1 is 1.45 bits per heavy atom. The number of aliphatic carboxylic acids is 1. The van der Waals surface area contributed by atoms with Crippen LogP contribution in [-0.4, -0.2) is 29.1 Å². The van der Waals surface area contributed by atoms with Gasteiger partial charge in [-0.05, 0) is 18.6 Å². The molecule has 6 nitrogen and oxygen atoms in total. The van der Waals surface area contributed by atoms with E-state index in [1.54, 1.807) is 6.07 Å². The molecule has 0 saturated heterocycles. The second kappa shape index (κ2) is 7.69. The standard InChI is InChI=1S/C13H17ClN2O4/c1-2-3-7-15(8-6-13(17)18)10-4-5-11(14)12(9-10)16(19)20/h4-5,9H,2-3,6-8H2,1H3,(H,17,18). The number of unbranched alkanes of at least 4 members (excludes halogenated alkanes) is 1. The van der Waals surface area contributed by atoms with Gasteiger partial charge in [-0.3, -0.25) is 14.9 Å². The highest BCUT2D eigenvalue weighted by Crippen LogP contribution is 2.29. The van der Waals surface area contributed by atoms with Crippen LogP contribution in [0, 0.1) is 10.1 Å². The number of rotatable bonds is 8. The number of nitro benzene ring substituents is 1. The lowest BCUT2D eigenvalue weighted by Gasteiger charge is -2.24. The molecule has 0 atom stereocenters. The summed E-state index contributed by atoms with van der Waals surface area (Å²) in [5, 5.41) is 19.7. The third kappa shape index (κ3) is 4.70. The number of hydrogen-bond acceptors (Lipinski definition) is 4. The molecule has 1 rings (SSSR count). The Bertz CT molecular complexity index is 493. The largest absolute Gasteiger partial charge is 0.481 e. The summed E-state index contributed by atoms with van der Waals surface area (Å²) in [6, 6.07) is 4.53. The zero-order valence-corrected chi connectivity index (χ0v) is 12.0. The van der Waals surface area contributed by atoms with Crippen molar-refractivity contribution in [2.45, 2.75) is 26.2 Å². The van der Waals surface area contributed by atoms with Crippen LogP contribution in [0.4, 0.5) is 11.4 Å². The Hall–Kier alpha value is -1.82. The average Bonchev–Trinajstić information content (AvgIpc) is 2.39. The van der Waals surface area contributed by atoms with E-state index in [9.17, 15) is 14.9 Å². The van der Waals surface area contributed by atoms with E-state index in [-0.39, 0.29) is 17.1 Å². The van der Waals surface area contributed by atoms with Crippen LogP contribution in [0.2, 0.25) is 5.02 Å². The summed E-state index contributed by atoms with van der Waals surface area (Å²) in [5.41, 5.74) is 0.455. The van der Waals surface area contributed by atoms with Gasteiger partial charge in [-0.1, -0.05) is 24.9 Å². The minimum Gasteiger partial charge on any atom is -0.481 e. The maximum Gasteiger partial charge on any atom is 0.305 e. The van der Waals surface area contributed by atoms with E-state index in [2.05, 4.69) is 0 Å². The smallest absolute Gasteiger partial charge is 0.305 e. The highest BCUT2D eigenvalue weighted by Gasteiger charge is 2.16. The van der Waals surface area contributed by atoms with E-state index in [0.717, 1.165) is 12.8 Å². The van der Waals surface area contributed by atoms with E-state index in [1.165, 1.54) is 12.1 Å². The van der Waals surface area contributed by atoms with Crippen LogP contribution in [-0.2, 0) is 4.79 Å². The number of nitro groups is 1. The Morgan fingerprint density at radius 2 is 2.15 bits per heavy atom. The average molecular weight is 301 g/mol. The lowest BCUT2D eigenvalue weighted by molar-refractivity contribution is -0.384. The number of nitrogens with zero attached hydrogens (tertiary/aromatic N) is 2. The van der Waals surface area contributed by atoms with Gasteiger partial charge in [0, 0.05) is 24.8 Å². The number of halogens is 1. The van der Waals surface area contributed by atoms with Gasteiger partial charge in [-0.25, -0.2) is 0 Å². The summed E-state index contributed by atoms with van der Waals surface area (Å²) in [6.45, 7) is 3.00. The molecule has 7 heteroatoms. The second-order valence-corrected chi connectivity index (χ2v) is 4.78. The molecule has 0 aliphatic carbocycles. The molecule has 0 aliphatic heterocycles. The number of anilines is 1. The Kier molecular flexibility index (Phi) is 6.24. The van der Waals surface area contributed by atoms with Crippen LogP contribution in [0.5, 0.6) is 0 Å². The van der Waals surface area contributed by atoms with Crippen molar-refractivity contribution in [1.29, 1.82) is 0 Å². The fourth-order valence-corrected chi connectivity index (χ4v) is 1.97. The molecule has 0 aromatic heterocycles. The van der Waals surface area contributed by atoms with Gasteiger partial charge in [-0.2, -0.15) is 0 Å². The molecule has 0 radical (unpaired) electrons. The lowest BCUT2D eigenvalue weighted by atomic mass is 10.2. The van der Waals surface area contributed by atoms with Crippen LogP contribution in [0.1, 0.15) is 26.2 Å². The zero-order chi connectivity index (χ0) is 15.1. The Morgan fingerprint density at radius 3 is 2.70 bits per heavy atom. The molecule has 1 aromatic rings. The van der Waals surface area contributed by atoms with Crippen LogP contribution >= 0.6 is 11.6 Å². The first-order valence-corrected chi connectivity index (χ1v) is 6.74. The van der Waals surface area contributed by atoms with Gasteiger partial charge in [0.15, 0.2) is 0 Å². The highest BCUT2D eigenvalue weighted by molar-refractivity contribution is 6.32. The van der Waals surface area contributed by atoms with Gasteiger partial charge >= 0.3 is 5.97 Å². The van der Waals surface area contributed by atoms with Gasteiger partial charge in [0.25, 0.3) is 5.69 Å². The van der Waals surface area contributed by atoms with Crippen molar-refractivity contribution in [3.63, 3.8) is 0 Å². The predicted molar refractivity (Wildman–Crippen MR) is 77.5 cm³/mol. The first kappa shape index (κ1) is 16.2. The number of benzene rings is 1. The summed E-state index contributed by atoms with van der Waals surface area (Å²) < 4.78 is 0. The van der Waals surface area contributed by atoms with Gasteiger partial charge < -0.3 is 10.0 Å². The van der Waals surface area contributed by atoms with Crippen LogP contribution < -0.4 is 4.90 Å². The maximum atomic E-state index is 10.9. The Labute approximate surface area is 122 Å². The minimum atomic E-state index is -0.894. The maximum absolute atomic E-state index is 10.9. The molecule has 0 spiro atoms. The molecule has 0 aliphatic rings. The van der Waals surface area contributed by atoms with E-state index >= 15 is 0 Å². The summed E-state index contributed by atoms with van der Waals surface area (Å²) in [6.07, 6.45) is 1.83. The highest BCUT2D eigenvalue weighted by atomic mass is 35.5. The van der Waals surface area contributed by atoms with Gasteiger partial charge in [0.2, 0.25) is 0 Å². The Balaban J connectivity index is 2.96. The molecule has 110 valence electrons. The van der Waals surface area contributed by atoms with E-state index in [1.807, 2.05) is 11.8 Å². The first-order valence-electron chi connectivity index (χ1n) is 6.36. The number of carboxylic acids is 1. The molecule has 1 aromatic carbocycles. The van der Waals surface area contributed by atoms with Crippen molar-refractivity contribution < 1.29 is 14.8 Å². The molecule has 0 unspecified atom stereocenters. The molecule has 0 heterocycles.